The molecule has 0 aliphatic carbocycles. The van der Waals surface area contributed by atoms with Gasteiger partial charge in [0, 0.05) is 18.1 Å². The molecule has 3 aliphatic heterocycles. The van der Waals surface area contributed by atoms with Crippen LogP contribution in [0.4, 0.5) is 5.69 Å². The van der Waals surface area contributed by atoms with Crippen molar-refractivity contribution in [2.24, 2.45) is 5.92 Å². The zero-order valence-corrected chi connectivity index (χ0v) is 16.2. The molecule has 2 aromatic rings. The number of amides is 2. The van der Waals surface area contributed by atoms with Gasteiger partial charge >= 0.3 is 0 Å². The fourth-order valence-corrected chi connectivity index (χ4v) is 4.89. The highest BCUT2D eigenvalue weighted by atomic mass is 35.5. The van der Waals surface area contributed by atoms with E-state index < -0.39 is 12.0 Å². The maximum absolute atomic E-state index is 13.4. The molecule has 3 heterocycles. The number of imide groups is 1. The summed E-state index contributed by atoms with van der Waals surface area (Å²) in [6.45, 7) is 1.65. The Hall–Kier alpha value is -2.41. The fraction of sp³-hybridized carbons (Fsp3) is 0.333. The molecule has 0 N–H and O–H groups in total. The van der Waals surface area contributed by atoms with Crippen LogP contribution >= 0.6 is 11.6 Å². The summed E-state index contributed by atoms with van der Waals surface area (Å²) in [5.74, 6) is 0.0536. The molecule has 3 saturated heterocycles. The van der Waals surface area contributed by atoms with Crippen molar-refractivity contribution < 1.29 is 14.3 Å². The molecule has 7 heteroatoms. The molecule has 3 fully saturated rings. The number of carbonyl (C=O) groups is 2. The third-order valence-electron chi connectivity index (χ3n) is 5.95. The number of fused-ring (bicyclic) bond motifs is 3. The SMILES string of the molecule is COc1ccc(C2C3C(=O)N(c4ccc(Cl)cc4)C(=O)C3N3CCCN23)cc1. The summed E-state index contributed by atoms with van der Waals surface area (Å²) in [4.78, 5) is 28.0. The van der Waals surface area contributed by atoms with Crippen LogP contribution < -0.4 is 9.64 Å². The van der Waals surface area contributed by atoms with Crippen LogP contribution in [-0.2, 0) is 9.59 Å². The number of halogens is 1. The first kappa shape index (κ1) is 17.7. The van der Waals surface area contributed by atoms with Gasteiger partial charge in [-0.25, -0.2) is 14.9 Å². The van der Waals surface area contributed by atoms with Gasteiger partial charge in [0.25, 0.3) is 5.91 Å². The monoisotopic (exact) mass is 397 g/mol. The van der Waals surface area contributed by atoms with Crippen LogP contribution in [0.3, 0.4) is 0 Å². The van der Waals surface area contributed by atoms with Crippen molar-refractivity contribution in [1.29, 1.82) is 0 Å². The van der Waals surface area contributed by atoms with Crippen LogP contribution in [0.2, 0.25) is 5.02 Å². The molecule has 0 saturated carbocycles. The predicted octanol–water partition coefficient (Wildman–Crippen LogP) is 2.88. The maximum Gasteiger partial charge on any atom is 0.253 e. The van der Waals surface area contributed by atoms with Gasteiger partial charge in [0.15, 0.2) is 0 Å². The van der Waals surface area contributed by atoms with Crippen molar-refractivity contribution in [2.45, 2.75) is 18.5 Å². The smallest absolute Gasteiger partial charge is 0.253 e. The molecule has 6 nitrogen and oxygen atoms in total. The highest BCUT2D eigenvalue weighted by Crippen LogP contribution is 2.49. The molecule has 0 radical (unpaired) electrons. The summed E-state index contributed by atoms with van der Waals surface area (Å²) in [6, 6.07) is 14.1. The zero-order chi connectivity index (χ0) is 19.4. The molecule has 2 aromatic carbocycles. The molecule has 144 valence electrons. The highest BCUT2D eigenvalue weighted by molar-refractivity contribution is 6.31. The minimum absolute atomic E-state index is 0.146. The van der Waals surface area contributed by atoms with E-state index in [1.54, 1.807) is 31.4 Å². The lowest BCUT2D eigenvalue weighted by molar-refractivity contribution is -0.126. The molecule has 3 atom stereocenters. The second-order valence-corrected chi connectivity index (χ2v) is 7.79. The van der Waals surface area contributed by atoms with Crippen molar-refractivity contribution in [2.75, 3.05) is 25.1 Å². The van der Waals surface area contributed by atoms with Crippen molar-refractivity contribution in [1.82, 2.24) is 10.0 Å². The largest absolute Gasteiger partial charge is 0.497 e. The number of anilines is 1. The average Bonchev–Trinajstić information content (AvgIpc) is 3.35. The van der Waals surface area contributed by atoms with E-state index in [-0.39, 0.29) is 17.9 Å². The van der Waals surface area contributed by atoms with Gasteiger partial charge in [-0.3, -0.25) is 9.59 Å². The first-order chi connectivity index (χ1) is 13.6. The van der Waals surface area contributed by atoms with Gasteiger partial charge in [-0.1, -0.05) is 23.7 Å². The van der Waals surface area contributed by atoms with E-state index in [4.69, 9.17) is 16.3 Å². The molecular weight excluding hydrogens is 378 g/mol. The minimum Gasteiger partial charge on any atom is -0.497 e. The van der Waals surface area contributed by atoms with E-state index in [0.29, 0.717) is 10.7 Å². The lowest BCUT2D eigenvalue weighted by Crippen LogP contribution is -2.44. The lowest BCUT2D eigenvalue weighted by Gasteiger charge is -2.29. The Morgan fingerprint density at radius 3 is 2.18 bits per heavy atom. The van der Waals surface area contributed by atoms with E-state index in [1.807, 2.05) is 24.3 Å². The number of rotatable bonds is 3. The minimum atomic E-state index is -0.447. The first-order valence-electron chi connectivity index (χ1n) is 9.40. The van der Waals surface area contributed by atoms with E-state index >= 15 is 0 Å². The van der Waals surface area contributed by atoms with Crippen LogP contribution in [0.25, 0.3) is 0 Å². The quantitative estimate of drug-likeness (QED) is 0.745. The number of methoxy groups -OCH3 is 1. The molecule has 3 unspecified atom stereocenters. The molecule has 5 rings (SSSR count). The van der Waals surface area contributed by atoms with Crippen LogP contribution in [0.1, 0.15) is 18.0 Å². The van der Waals surface area contributed by atoms with Crippen LogP contribution in [-0.4, -0.2) is 48.1 Å². The van der Waals surface area contributed by atoms with Gasteiger partial charge in [-0.15, -0.1) is 0 Å². The van der Waals surface area contributed by atoms with Crippen LogP contribution in [0.15, 0.2) is 48.5 Å². The molecule has 0 bridgehead atoms. The van der Waals surface area contributed by atoms with Gasteiger partial charge in [-0.2, -0.15) is 0 Å². The highest BCUT2D eigenvalue weighted by Gasteiger charge is 2.62. The number of nitrogens with zero attached hydrogens (tertiary/aromatic N) is 3. The molecular formula is C21H20ClN3O3. The number of hydrazine groups is 1. The Balaban J connectivity index is 1.55. The standard InChI is InChI=1S/C21H20ClN3O3/c1-28-16-9-3-13(4-10-16)18-17-19(24-12-2-11-23(18)24)21(27)25(20(17)26)15-7-5-14(22)6-8-15/h3-10,17-19H,2,11-12H2,1H3. The average molecular weight is 398 g/mol. The summed E-state index contributed by atoms with van der Waals surface area (Å²) in [7, 11) is 1.63. The summed E-state index contributed by atoms with van der Waals surface area (Å²) >= 11 is 5.97. The maximum atomic E-state index is 13.4. The van der Waals surface area contributed by atoms with Gasteiger partial charge < -0.3 is 4.74 Å². The van der Waals surface area contributed by atoms with Gasteiger partial charge in [0.1, 0.15) is 11.8 Å². The van der Waals surface area contributed by atoms with Crippen LogP contribution in [0, 0.1) is 5.92 Å². The van der Waals surface area contributed by atoms with Gasteiger partial charge in [0.05, 0.1) is 24.8 Å². The van der Waals surface area contributed by atoms with Crippen LogP contribution in [0.5, 0.6) is 5.75 Å². The van der Waals surface area contributed by atoms with Gasteiger partial charge in [-0.05, 0) is 48.4 Å². The number of hydrogen-bond donors (Lipinski definition) is 0. The van der Waals surface area contributed by atoms with E-state index in [9.17, 15) is 9.59 Å². The Labute approximate surface area is 168 Å². The number of benzene rings is 2. The Kier molecular flexibility index (Phi) is 4.16. The molecule has 0 aromatic heterocycles. The fourth-order valence-electron chi connectivity index (χ4n) is 4.76. The van der Waals surface area contributed by atoms with E-state index in [1.165, 1.54) is 4.90 Å². The summed E-state index contributed by atoms with van der Waals surface area (Å²) in [5.41, 5.74) is 1.60. The van der Waals surface area contributed by atoms with E-state index in [0.717, 1.165) is 30.8 Å². The van der Waals surface area contributed by atoms with Crippen molar-refractivity contribution in [3.8, 4) is 5.75 Å². The molecule has 0 spiro atoms. The normalized spacial score (nSPS) is 27.4. The number of hydrogen-bond acceptors (Lipinski definition) is 5. The molecule has 28 heavy (non-hydrogen) atoms. The third-order valence-corrected chi connectivity index (χ3v) is 6.20. The molecule has 3 aliphatic rings. The van der Waals surface area contributed by atoms with Gasteiger partial charge in [0.2, 0.25) is 5.91 Å². The zero-order valence-electron chi connectivity index (χ0n) is 15.4. The Bertz CT molecular complexity index is 931. The first-order valence-corrected chi connectivity index (χ1v) is 9.78. The van der Waals surface area contributed by atoms with Crippen molar-refractivity contribution in [3.05, 3.63) is 59.1 Å². The second-order valence-electron chi connectivity index (χ2n) is 7.36. The summed E-state index contributed by atoms with van der Waals surface area (Å²) in [5, 5.41) is 4.87. The summed E-state index contributed by atoms with van der Waals surface area (Å²) in [6.07, 6.45) is 0.984. The topological polar surface area (TPSA) is 53.1 Å². The lowest BCUT2D eigenvalue weighted by atomic mass is 9.90. The van der Waals surface area contributed by atoms with Crippen molar-refractivity contribution in [3.63, 3.8) is 0 Å². The third kappa shape index (κ3) is 2.49. The van der Waals surface area contributed by atoms with Crippen molar-refractivity contribution >= 4 is 29.1 Å². The Morgan fingerprint density at radius 1 is 0.893 bits per heavy atom. The molecule has 2 amide bonds. The number of ether oxygens (including phenoxy) is 1. The number of carbonyl (C=O) groups excluding carboxylic acids is 2. The second kappa shape index (κ2) is 6.58. The predicted molar refractivity (Wildman–Crippen MR) is 105 cm³/mol. The summed E-state index contributed by atoms with van der Waals surface area (Å²) < 4.78 is 5.26. The van der Waals surface area contributed by atoms with E-state index in [2.05, 4.69) is 10.0 Å². The Morgan fingerprint density at radius 2 is 1.54 bits per heavy atom.